The van der Waals surface area contributed by atoms with E-state index in [9.17, 15) is 4.79 Å². The molecule has 1 aliphatic rings. The quantitative estimate of drug-likeness (QED) is 0.539. The molecule has 1 N–H and O–H groups in total. The third kappa shape index (κ3) is 6.39. The van der Waals surface area contributed by atoms with E-state index in [-0.39, 0.29) is 5.91 Å². The van der Waals surface area contributed by atoms with Crippen LogP contribution in [0.15, 0.2) is 18.2 Å². The molecule has 1 aliphatic carbocycles. The highest BCUT2D eigenvalue weighted by molar-refractivity contribution is 7.98. The van der Waals surface area contributed by atoms with Gasteiger partial charge in [-0.2, -0.15) is 11.8 Å². The zero-order valence-corrected chi connectivity index (χ0v) is 15.1. The van der Waals surface area contributed by atoms with E-state index in [0.717, 1.165) is 29.9 Å². The minimum Gasteiger partial charge on any atom is -0.353 e. The Morgan fingerprint density at radius 2 is 1.86 bits per heavy atom. The molecule has 5 heteroatoms. The maximum Gasteiger partial charge on any atom is 0.221 e. The number of benzene rings is 1. The first kappa shape index (κ1) is 18.0. The molecule has 0 bridgehead atoms. The molecule has 0 aliphatic heterocycles. The van der Waals surface area contributed by atoms with Gasteiger partial charge in [-0.1, -0.05) is 55.0 Å². The number of hydrogen-bond donors (Lipinski definition) is 1. The van der Waals surface area contributed by atoms with Gasteiger partial charge in [0.25, 0.3) is 0 Å². The van der Waals surface area contributed by atoms with Crippen LogP contribution in [0.4, 0.5) is 0 Å². The van der Waals surface area contributed by atoms with Gasteiger partial charge in [0.05, 0.1) is 10.0 Å². The van der Waals surface area contributed by atoms with Crippen molar-refractivity contribution < 1.29 is 4.79 Å². The molecule has 0 saturated heterocycles. The van der Waals surface area contributed by atoms with Crippen LogP contribution in [0, 0.1) is 0 Å². The zero-order valence-electron chi connectivity index (χ0n) is 12.7. The lowest BCUT2D eigenvalue weighted by molar-refractivity contribution is -0.121. The number of halogens is 2. The van der Waals surface area contributed by atoms with Gasteiger partial charge < -0.3 is 5.32 Å². The normalized spacial score (nSPS) is 16.3. The van der Waals surface area contributed by atoms with Crippen molar-refractivity contribution >= 4 is 40.9 Å². The number of hydrogen-bond acceptors (Lipinski definition) is 2. The smallest absolute Gasteiger partial charge is 0.221 e. The first-order chi connectivity index (χ1) is 10.6. The summed E-state index contributed by atoms with van der Waals surface area (Å²) in [6, 6.07) is 6.09. The van der Waals surface area contributed by atoms with E-state index in [0.29, 0.717) is 22.5 Å². The van der Waals surface area contributed by atoms with Gasteiger partial charge in [-0.05, 0) is 30.5 Å². The molecule has 0 radical (unpaired) electrons. The van der Waals surface area contributed by atoms with Crippen molar-refractivity contribution in [1.29, 1.82) is 0 Å². The van der Waals surface area contributed by atoms with Crippen LogP contribution in [0.5, 0.6) is 0 Å². The second-order valence-corrected chi connectivity index (χ2v) is 7.73. The molecule has 22 heavy (non-hydrogen) atoms. The lowest BCUT2D eigenvalue weighted by Gasteiger charge is -2.16. The van der Waals surface area contributed by atoms with E-state index >= 15 is 0 Å². The van der Waals surface area contributed by atoms with Crippen LogP contribution in [-0.2, 0) is 10.5 Å². The van der Waals surface area contributed by atoms with E-state index < -0.39 is 0 Å². The van der Waals surface area contributed by atoms with Crippen molar-refractivity contribution in [3.8, 4) is 0 Å². The minimum atomic E-state index is 0.188. The Morgan fingerprint density at radius 1 is 1.14 bits per heavy atom. The summed E-state index contributed by atoms with van der Waals surface area (Å²) in [4.78, 5) is 12.0. The molecular formula is C17H23Cl2NOS. The highest BCUT2D eigenvalue weighted by atomic mass is 35.5. The Kier molecular flexibility index (Phi) is 7.91. The second-order valence-electron chi connectivity index (χ2n) is 5.81. The topological polar surface area (TPSA) is 29.1 Å². The molecule has 2 rings (SSSR count). The Hall–Kier alpha value is -0.380. The molecule has 0 unspecified atom stereocenters. The van der Waals surface area contributed by atoms with Gasteiger partial charge in [-0.3, -0.25) is 4.79 Å². The number of carbonyl (C=O) groups is 1. The minimum absolute atomic E-state index is 0.188. The predicted octanol–water partition coefficient (Wildman–Crippen LogP) is 5.46. The van der Waals surface area contributed by atoms with Gasteiger partial charge in [-0.15, -0.1) is 0 Å². The molecule has 0 spiro atoms. The Morgan fingerprint density at radius 3 is 2.55 bits per heavy atom. The standard InChI is InChI=1S/C17H23Cl2NOS/c18-15-8-7-13(11-16(15)19)12-22-10-9-17(21)20-14-5-3-1-2-4-6-14/h7-8,11,14H,1-6,9-10,12H2,(H,20,21). The number of rotatable bonds is 6. The molecule has 1 aromatic carbocycles. The molecular weight excluding hydrogens is 337 g/mol. The maximum atomic E-state index is 12.0. The predicted molar refractivity (Wildman–Crippen MR) is 96.9 cm³/mol. The highest BCUT2D eigenvalue weighted by Gasteiger charge is 2.14. The molecule has 1 amide bonds. The average Bonchev–Trinajstić information content (AvgIpc) is 2.76. The summed E-state index contributed by atoms with van der Waals surface area (Å²) in [6.45, 7) is 0. The number of thioether (sulfide) groups is 1. The molecule has 2 nitrogen and oxygen atoms in total. The fraction of sp³-hybridized carbons (Fsp3) is 0.588. The van der Waals surface area contributed by atoms with Crippen LogP contribution in [0.2, 0.25) is 10.0 Å². The van der Waals surface area contributed by atoms with Crippen LogP contribution in [0.1, 0.15) is 50.5 Å². The second kappa shape index (κ2) is 9.69. The van der Waals surface area contributed by atoms with Crippen LogP contribution in [-0.4, -0.2) is 17.7 Å². The van der Waals surface area contributed by atoms with Crippen molar-refractivity contribution in [3.63, 3.8) is 0 Å². The summed E-state index contributed by atoms with van der Waals surface area (Å²) in [5, 5.41) is 4.35. The van der Waals surface area contributed by atoms with Crippen molar-refractivity contribution in [1.82, 2.24) is 5.32 Å². The van der Waals surface area contributed by atoms with Gasteiger partial charge in [0.2, 0.25) is 5.91 Å². The lowest BCUT2D eigenvalue weighted by Crippen LogP contribution is -2.34. The Balaban J connectivity index is 1.63. The van der Waals surface area contributed by atoms with Crippen molar-refractivity contribution in [2.45, 2.75) is 56.7 Å². The summed E-state index contributed by atoms with van der Waals surface area (Å²) in [5.74, 6) is 1.88. The largest absolute Gasteiger partial charge is 0.353 e. The summed E-state index contributed by atoms with van der Waals surface area (Å²) in [6.07, 6.45) is 7.98. The molecule has 1 saturated carbocycles. The monoisotopic (exact) mass is 359 g/mol. The van der Waals surface area contributed by atoms with Gasteiger partial charge in [-0.25, -0.2) is 0 Å². The maximum absolute atomic E-state index is 12.0. The van der Waals surface area contributed by atoms with Crippen molar-refractivity contribution in [2.75, 3.05) is 5.75 Å². The van der Waals surface area contributed by atoms with E-state index in [2.05, 4.69) is 5.32 Å². The average molecular weight is 360 g/mol. The van der Waals surface area contributed by atoms with Gasteiger partial charge in [0, 0.05) is 24.0 Å². The van der Waals surface area contributed by atoms with Crippen molar-refractivity contribution in [2.24, 2.45) is 0 Å². The van der Waals surface area contributed by atoms with Gasteiger partial charge >= 0.3 is 0 Å². The summed E-state index contributed by atoms with van der Waals surface area (Å²) in [7, 11) is 0. The zero-order chi connectivity index (χ0) is 15.8. The molecule has 0 heterocycles. The number of nitrogens with one attached hydrogen (secondary N) is 1. The van der Waals surface area contributed by atoms with Crippen LogP contribution in [0.3, 0.4) is 0 Å². The van der Waals surface area contributed by atoms with E-state index in [1.807, 2.05) is 18.2 Å². The summed E-state index contributed by atoms with van der Waals surface area (Å²) < 4.78 is 0. The Labute approximate surface area is 147 Å². The van der Waals surface area contributed by atoms with Gasteiger partial charge in [0.15, 0.2) is 0 Å². The van der Waals surface area contributed by atoms with E-state index in [1.54, 1.807) is 11.8 Å². The van der Waals surface area contributed by atoms with Gasteiger partial charge in [0.1, 0.15) is 0 Å². The number of carbonyl (C=O) groups excluding carboxylic acids is 1. The summed E-state index contributed by atoms with van der Waals surface area (Å²) in [5.41, 5.74) is 1.14. The van der Waals surface area contributed by atoms with E-state index in [4.69, 9.17) is 23.2 Å². The number of amides is 1. The van der Waals surface area contributed by atoms with Crippen LogP contribution >= 0.6 is 35.0 Å². The van der Waals surface area contributed by atoms with Crippen LogP contribution < -0.4 is 5.32 Å². The molecule has 122 valence electrons. The van der Waals surface area contributed by atoms with Crippen molar-refractivity contribution in [3.05, 3.63) is 33.8 Å². The summed E-state index contributed by atoms with van der Waals surface area (Å²) >= 11 is 13.6. The molecule has 1 aromatic rings. The molecule has 0 atom stereocenters. The first-order valence-electron chi connectivity index (χ1n) is 7.96. The molecule has 0 aromatic heterocycles. The molecule has 1 fully saturated rings. The third-order valence-corrected chi connectivity index (χ3v) is 5.72. The first-order valence-corrected chi connectivity index (χ1v) is 9.87. The third-order valence-electron chi connectivity index (χ3n) is 3.95. The fourth-order valence-corrected chi connectivity index (χ4v) is 3.92. The highest BCUT2D eigenvalue weighted by Crippen LogP contribution is 2.25. The SMILES string of the molecule is O=C(CCSCc1ccc(Cl)c(Cl)c1)NC1CCCCCC1. The Bertz CT molecular complexity index is 488. The van der Waals surface area contributed by atoms with Crippen LogP contribution in [0.25, 0.3) is 0 Å². The van der Waals surface area contributed by atoms with E-state index in [1.165, 1.54) is 25.7 Å². The lowest BCUT2D eigenvalue weighted by atomic mass is 10.1. The fourth-order valence-electron chi connectivity index (χ4n) is 2.71.